The molecule has 2 aromatic carbocycles. The van der Waals surface area contributed by atoms with Crippen LogP contribution in [0.2, 0.25) is 0 Å². The van der Waals surface area contributed by atoms with Gasteiger partial charge in [-0.1, -0.05) is 12.1 Å². The minimum absolute atomic E-state index is 0.279. The van der Waals surface area contributed by atoms with E-state index in [1.165, 1.54) is 13.2 Å². The fourth-order valence-electron chi connectivity index (χ4n) is 2.29. The highest BCUT2D eigenvalue weighted by molar-refractivity contribution is 6.02. The number of hydrogen-bond donors (Lipinski definition) is 1. The quantitative estimate of drug-likeness (QED) is 0.781. The number of nitrogens with one attached hydrogen (secondary N) is 1. The number of carbonyl (C=O) groups excluding carboxylic acids is 1. The molecule has 0 bridgehead atoms. The first-order valence-corrected chi connectivity index (χ1v) is 7.55. The lowest BCUT2D eigenvalue weighted by Crippen LogP contribution is -2.08. The molecule has 2 aromatic rings. The van der Waals surface area contributed by atoms with Crippen molar-refractivity contribution in [1.29, 1.82) is 0 Å². The highest BCUT2D eigenvalue weighted by Crippen LogP contribution is 2.38. The number of carbonyl (C=O) groups is 1. The van der Waals surface area contributed by atoms with E-state index in [9.17, 15) is 4.79 Å². The highest BCUT2D eigenvalue weighted by Gasteiger charge is 2.12. The molecule has 6 heteroatoms. The van der Waals surface area contributed by atoms with Crippen molar-refractivity contribution in [1.82, 2.24) is 0 Å². The lowest BCUT2D eigenvalue weighted by atomic mass is 10.1. The highest BCUT2D eigenvalue weighted by atomic mass is 16.5. The SMILES string of the molecule is COc1ccccc1NC(=O)C=Cc1cc(OC)c(OC)c(OC)c1. The molecule has 0 fully saturated rings. The molecule has 0 saturated carbocycles. The summed E-state index contributed by atoms with van der Waals surface area (Å²) in [5.74, 6) is 1.86. The van der Waals surface area contributed by atoms with Crippen LogP contribution in [0.15, 0.2) is 42.5 Å². The Balaban J connectivity index is 2.19. The van der Waals surface area contributed by atoms with Gasteiger partial charge in [-0.3, -0.25) is 4.79 Å². The Labute approximate surface area is 147 Å². The Bertz CT molecular complexity index is 745. The summed E-state index contributed by atoms with van der Waals surface area (Å²) in [6.07, 6.45) is 3.09. The van der Waals surface area contributed by atoms with Crippen LogP contribution in [0.3, 0.4) is 0 Å². The van der Waals surface area contributed by atoms with E-state index in [-0.39, 0.29) is 5.91 Å². The average molecular weight is 343 g/mol. The summed E-state index contributed by atoms with van der Waals surface area (Å²) < 4.78 is 21.1. The molecule has 1 N–H and O–H groups in total. The molecule has 0 aliphatic carbocycles. The van der Waals surface area contributed by atoms with E-state index in [2.05, 4.69) is 5.32 Å². The molecule has 0 spiro atoms. The standard InChI is InChI=1S/C19H21NO5/c1-22-15-8-6-5-7-14(15)20-18(21)10-9-13-11-16(23-2)19(25-4)17(12-13)24-3/h5-12H,1-4H3,(H,20,21). The van der Waals surface area contributed by atoms with Crippen molar-refractivity contribution < 1.29 is 23.7 Å². The number of hydrogen-bond acceptors (Lipinski definition) is 5. The monoisotopic (exact) mass is 343 g/mol. The number of anilines is 1. The number of amides is 1. The Hall–Kier alpha value is -3.15. The van der Waals surface area contributed by atoms with Gasteiger partial charge in [0.1, 0.15) is 5.75 Å². The van der Waals surface area contributed by atoms with Gasteiger partial charge >= 0.3 is 0 Å². The lowest BCUT2D eigenvalue weighted by Gasteiger charge is -2.12. The summed E-state index contributed by atoms with van der Waals surface area (Å²) in [6, 6.07) is 10.7. The van der Waals surface area contributed by atoms with Crippen LogP contribution in [0, 0.1) is 0 Å². The van der Waals surface area contributed by atoms with Gasteiger partial charge in [0, 0.05) is 6.08 Å². The number of para-hydroxylation sites is 2. The van der Waals surface area contributed by atoms with Crippen molar-refractivity contribution in [2.75, 3.05) is 33.8 Å². The van der Waals surface area contributed by atoms with Crippen molar-refractivity contribution in [3.05, 3.63) is 48.0 Å². The van der Waals surface area contributed by atoms with Gasteiger partial charge in [-0.15, -0.1) is 0 Å². The number of benzene rings is 2. The molecule has 0 unspecified atom stereocenters. The Morgan fingerprint density at radius 1 is 0.880 bits per heavy atom. The summed E-state index contributed by atoms with van der Waals surface area (Å²) in [5, 5.41) is 2.77. The fourth-order valence-corrected chi connectivity index (χ4v) is 2.29. The van der Waals surface area contributed by atoms with Crippen LogP contribution in [0.5, 0.6) is 23.0 Å². The summed E-state index contributed by atoms with van der Waals surface area (Å²) in [4.78, 5) is 12.1. The summed E-state index contributed by atoms with van der Waals surface area (Å²) >= 11 is 0. The third-order valence-electron chi connectivity index (χ3n) is 3.48. The predicted molar refractivity (Wildman–Crippen MR) is 96.8 cm³/mol. The first kappa shape index (κ1) is 18.2. The van der Waals surface area contributed by atoms with Gasteiger partial charge in [0.15, 0.2) is 11.5 Å². The first-order valence-electron chi connectivity index (χ1n) is 7.55. The van der Waals surface area contributed by atoms with Crippen LogP contribution in [-0.4, -0.2) is 34.3 Å². The third-order valence-corrected chi connectivity index (χ3v) is 3.48. The molecular formula is C19H21NO5. The van der Waals surface area contributed by atoms with Gasteiger partial charge < -0.3 is 24.3 Å². The zero-order valence-corrected chi connectivity index (χ0v) is 14.7. The maximum absolute atomic E-state index is 12.1. The molecule has 25 heavy (non-hydrogen) atoms. The number of methoxy groups -OCH3 is 4. The Morgan fingerprint density at radius 2 is 1.48 bits per heavy atom. The molecule has 0 heterocycles. The zero-order valence-electron chi connectivity index (χ0n) is 14.7. The normalized spacial score (nSPS) is 10.4. The maximum Gasteiger partial charge on any atom is 0.248 e. The van der Waals surface area contributed by atoms with E-state index in [1.807, 2.05) is 12.1 Å². The third kappa shape index (κ3) is 4.44. The van der Waals surface area contributed by atoms with E-state index < -0.39 is 0 Å². The number of ether oxygens (including phenoxy) is 4. The van der Waals surface area contributed by atoms with Crippen LogP contribution in [0.4, 0.5) is 5.69 Å². The van der Waals surface area contributed by atoms with E-state index in [0.717, 1.165) is 5.56 Å². The van der Waals surface area contributed by atoms with E-state index in [1.54, 1.807) is 51.7 Å². The number of rotatable bonds is 7. The fraction of sp³-hybridized carbons (Fsp3) is 0.211. The predicted octanol–water partition coefficient (Wildman–Crippen LogP) is 3.37. The average Bonchev–Trinajstić information content (AvgIpc) is 2.65. The van der Waals surface area contributed by atoms with Crippen LogP contribution in [0.1, 0.15) is 5.56 Å². The summed E-state index contributed by atoms with van der Waals surface area (Å²) in [5.41, 5.74) is 1.34. The van der Waals surface area contributed by atoms with Gasteiger partial charge in [-0.05, 0) is 35.9 Å². The largest absolute Gasteiger partial charge is 0.495 e. The minimum atomic E-state index is -0.279. The molecule has 6 nitrogen and oxygen atoms in total. The van der Waals surface area contributed by atoms with Gasteiger partial charge in [0.05, 0.1) is 34.1 Å². The second-order valence-electron chi connectivity index (χ2n) is 4.98. The van der Waals surface area contributed by atoms with Crippen molar-refractivity contribution in [2.45, 2.75) is 0 Å². The molecular weight excluding hydrogens is 322 g/mol. The van der Waals surface area contributed by atoms with Gasteiger partial charge in [-0.2, -0.15) is 0 Å². The van der Waals surface area contributed by atoms with Crippen LogP contribution in [0.25, 0.3) is 6.08 Å². The minimum Gasteiger partial charge on any atom is -0.495 e. The van der Waals surface area contributed by atoms with Gasteiger partial charge in [-0.25, -0.2) is 0 Å². The lowest BCUT2D eigenvalue weighted by molar-refractivity contribution is -0.111. The topological polar surface area (TPSA) is 66.0 Å². The van der Waals surface area contributed by atoms with Crippen LogP contribution < -0.4 is 24.3 Å². The van der Waals surface area contributed by atoms with E-state index in [4.69, 9.17) is 18.9 Å². The molecule has 2 rings (SSSR count). The van der Waals surface area contributed by atoms with Crippen LogP contribution >= 0.6 is 0 Å². The van der Waals surface area contributed by atoms with Gasteiger partial charge in [0.25, 0.3) is 0 Å². The molecule has 0 radical (unpaired) electrons. The Morgan fingerprint density at radius 3 is 2.04 bits per heavy atom. The second kappa shape index (κ2) is 8.63. The van der Waals surface area contributed by atoms with E-state index in [0.29, 0.717) is 28.7 Å². The molecule has 0 aliphatic rings. The van der Waals surface area contributed by atoms with E-state index >= 15 is 0 Å². The molecule has 0 saturated heterocycles. The van der Waals surface area contributed by atoms with Crippen LogP contribution in [-0.2, 0) is 4.79 Å². The van der Waals surface area contributed by atoms with Crippen molar-refractivity contribution in [3.8, 4) is 23.0 Å². The maximum atomic E-state index is 12.1. The second-order valence-corrected chi connectivity index (χ2v) is 4.98. The van der Waals surface area contributed by atoms with Crippen molar-refractivity contribution in [3.63, 3.8) is 0 Å². The zero-order chi connectivity index (χ0) is 18.2. The Kier molecular flexibility index (Phi) is 6.28. The van der Waals surface area contributed by atoms with Gasteiger partial charge in [0.2, 0.25) is 11.7 Å². The van der Waals surface area contributed by atoms with Crippen molar-refractivity contribution in [2.24, 2.45) is 0 Å². The molecule has 132 valence electrons. The summed E-state index contributed by atoms with van der Waals surface area (Å²) in [7, 11) is 6.17. The molecule has 0 atom stereocenters. The van der Waals surface area contributed by atoms with Crippen molar-refractivity contribution >= 4 is 17.7 Å². The summed E-state index contributed by atoms with van der Waals surface area (Å²) in [6.45, 7) is 0. The molecule has 0 aromatic heterocycles. The smallest absolute Gasteiger partial charge is 0.248 e. The molecule has 1 amide bonds. The first-order chi connectivity index (χ1) is 12.1. The molecule has 0 aliphatic heterocycles.